The number of hydrogen-bond donors (Lipinski definition) is 0. The Labute approximate surface area is 149 Å². The van der Waals surface area contributed by atoms with Crippen molar-refractivity contribution in [1.82, 2.24) is 4.98 Å². The van der Waals surface area contributed by atoms with E-state index in [0.29, 0.717) is 27.8 Å². The number of halogens is 1. The van der Waals surface area contributed by atoms with Gasteiger partial charge in [0.15, 0.2) is 11.5 Å². The van der Waals surface area contributed by atoms with Gasteiger partial charge in [-0.25, -0.2) is 4.98 Å². The first-order chi connectivity index (χ1) is 11.7. The molecule has 0 saturated heterocycles. The fourth-order valence-electron chi connectivity index (χ4n) is 3.02. The van der Waals surface area contributed by atoms with E-state index < -0.39 is 0 Å². The van der Waals surface area contributed by atoms with Crippen molar-refractivity contribution >= 4 is 23.4 Å². The van der Waals surface area contributed by atoms with Crippen LogP contribution >= 0.6 is 23.4 Å². The maximum absolute atomic E-state index is 9.43. The summed E-state index contributed by atoms with van der Waals surface area (Å²) in [5, 5.41) is 10.9. The number of thioether (sulfide) groups is 1. The highest BCUT2D eigenvalue weighted by molar-refractivity contribution is 7.98. The molecule has 0 unspecified atom stereocenters. The number of pyridine rings is 1. The lowest BCUT2D eigenvalue weighted by atomic mass is 9.95. The zero-order valence-electron chi connectivity index (χ0n) is 13.0. The standard InChI is InChI=1S/C18H15ClN2O2S/c19-14-7-17-16(22-10-23-17)6-13(14)9-24-18-12(8-20)5-11-3-1-2-4-15(11)21-18/h5-7H,1-4,9-10H2. The van der Waals surface area contributed by atoms with Crippen LogP contribution in [0.4, 0.5) is 0 Å². The Bertz CT molecular complexity index is 848. The number of benzene rings is 1. The summed E-state index contributed by atoms with van der Waals surface area (Å²) in [4.78, 5) is 4.74. The van der Waals surface area contributed by atoms with Crippen LogP contribution in [0.15, 0.2) is 23.2 Å². The zero-order valence-corrected chi connectivity index (χ0v) is 14.5. The number of rotatable bonds is 3. The normalized spacial score (nSPS) is 15.0. The smallest absolute Gasteiger partial charge is 0.231 e. The second-order valence-corrected chi connectivity index (χ2v) is 7.22. The lowest BCUT2D eigenvalue weighted by Crippen LogP contribution is -2.07. The summed E-state index contributed by atoms with van der Waals surface area (Å²) < 4.78 is 10.7. The highest BCUT2D eigenvalue weighted by Gasteiger charge is 2.18. The molecule has 0 amide bonds. The number of nitrogens with zero attached hydrogens (tertiary/aromatic N) is 2. The summed E-state index contributed by atoms with van der Waals surface area (Å²) >= 11 is 7.87. The predicted octanol–water partition coefficient (Wildman–Crippen LogP) is 4.51. The molecule has 0 bridgehead atoms. The highest BCUT2D eigenvalue weighted by atomic mass is 35.5. The van der Waals surface area contributed by atoms with E-state index in [0.717, 1.165) is 29.1 Å². The maximum atomic E-state index is 9.43. The lowest BCUT2D eigenvalue weighted by molar-refractivity contribution is 0.174. The van der Waals surface area contributed by atoms with Gasteiger partial charge in [-0.3, -0.25) is 0 Å². The second-order valence-electron chi connectivity index (χ2n) is 5.85. The third kappa shape index (κ3) is 2.92. The minimum absolute atomic E-state index is 0.229. The molecule has 0 spiro atoms. The van der Waals surface area contributed by atoms with Crippen molar-refractivity contribution in [2.24, 2.45) is 0 Å². The van der Waals surface area contributed by atoms with Crippen LogP contribution < -0.4 is 9.47 Å². The minimum atomic E-state index is 0.229. The molecule has 2 aromatic rings. The van der Waals surface area contributed by atoms with E-state index >= 15 is 0 Å². The highest BCUT2D eigenvalue weighted by Crippen LogP contribution is 2.39. The molecule has 2 aliphatic rings. The molecule has 1 aliphatic heterocycles. The van der Waals surface area contributed by atoms with Gasteiger partial charge in [0.1, 0.15) is 11.1 Å². The van der Waals surface area contributed by atoms with Gasteiger partial charge in [0.05, 0.1) is 5.56 Å². The summed E-state index contributed by atoms with van der Waals surface area (Å²) in [5.41, 5.74) is 3.97. The molecule has 0 atom stereocenters. The molecule has 4 nitrogen and oxygen atoms in total. The summed E-state index contributed by atoms with van der Waals surface area (Å²) in [5.74, 6) is 2.03. The van der Waals surface area contributed by atoms with Crippen LogP contribution in [0.2, 0.25) is 5.02 Å². The van der Waals surface area contributed by atoms with Crippen LogP contribution in [0, 0.1) is 11.3 Å². The van der Waals surface area contributed by atoms with E-state index in [9.17, 15) is 5.26 Å². The third-order valence-electron chi connectivity index (χ3n) is 4.29. The topological polar surface area (TPSA) is 55.1 Å². The molecule has 122 valence electrons. The predicted molar refractivity (Wildman–Crippen MR) is 92.7 cm³/mol. The van der Waals surface area contributed by atoms with E-state index in [2.05, 4.69) is 6.07 Å². The maximum Gasteiger partial charge on any atom is 0.231 e. The van der Waals surface area contributed by atoms with E-state index in [-0.39, 0.29) is 6.79 Å². The second kappa shape index (κ2) is 6.54. The van der Waals surface area contributed by atoms with Crippen molar-refractivity contribution in [3.8, 4) is 17.6 Å². The van der Waals surface area contributed by atoms with Crippen molar-refractivity contribution in [2.45, 2.75) is 36.5 Å². The SMILES string of the molecule is N#Cc1cc2c(nc1SCc1cc3c(cc1Cl)OCO3)CCCC2. The van der Waals surface area contributed by atoms with Crippen LogP contribution in [-0.2, 0) is 18.6 Å². The van der Waals surface area contributed by atoms with E-state index in [4.69, 9.17) is 26.1 Å². The first-order valence-corrected chi connectivity index (χ1v) is 9.24. The first-order valence-electron chi connectivity index (χ1n) is 7.88. The lowest BCUT2D eigenvalue weighted by Gasteiger charge is -2.16. The van der Waals surface area contributed by atoms with E-state index in [1.165, 1.54) is 18.4 Å². The van der Waals surface area contributed by atoms with E-state index in [1.54, 1.807) is 17.8 Å². The molecule has 0 saturated carbocycles. The molecule has 1 aromatic carbocycles. The van der Waals surface area contributed by atoms with Gasteiger partial charge < -0.3 is 9.47 Å². The van der Waals surface area contributed by atoms with Crippen molar-refractivity contribution in [2.75, 3.05) is 6.79 Å². The van der Waals surface area contributed by atoms with Crippen molar-refractivity contribution < 1.29 is 9.47 Å². The average Bonchev–Trinajstić information content (AvgIpc) is 3.05. The zero-order chi connectivity index (χ0) is 16.5. The van der Waals surface area contributed by atoms with Gasteiger partial charge >= 0.3 is 0 Å². The molecule has 1 aromatic heterocycles. The van der Waals surface area contributed by atoms with Crippen molar-refractivity contribution in [1.29, 1.82) is 5.26 Å². The van der Waals surface area contributed by atoms with Gasteiger partial charge in [0, 0.05) is 22.5 Å². The fraction of sp³-hybridized carbons (Fsp3) is 0.333. The first kappa shape index (κ1) is 15.6. The van der Waals surface area contributed by atoms with Crippen LogP contribution in [0.25, 0.3) is 0 Å². The van der Waals surface area contributed by atoms with Gasteiger partial charge in [-0.15, -0.1) is 11.8 Å². The van der Waals surface area contributed by atoms with Gasteiger partial charge in [-0.2, -0.15) is 5.26 Å². The molecular weight excluding hydrogens is 344 g/mol. The Hall–Kier alpha value is -1.90. The Balaban J connectivity index is 1.59. The van der Waals surface area contributed by atoms with Gasteiger partial charge in [-0.05, 0) is 48.9 Å². The molecule has 4 rings (SSSR count). The van der Waals surface area contributed by atoms with Crippen molar-refractivity contribution in [3.05, 3.63) is 45.6 Å². The Morgan fingerprint density at radius 2 is 1.96 bits per heavy atom. The quantitative estimate of drug-likeness (QED) is 0.756. The summed E-state index contributed by atoms with van der Waals surface area (Å²) in [6.45, 7) is 0.229. The van der Waals surface area contributed by atoms with Crippen LogP contribution in [-0.4, -0.2) is 11.8 Å². The summed E-state index contributed by atoms with van der Waals surface area (Å²) in [7, 11) is 0. The van der Waals surface area contributed by atoms with E-state index in [1.807, 2.05) is 12.1 Å². The molecule has 24 heavy (non-hydrogen) atoms. The Kier molecular flexibility index (Phi) is 4.26. The van der Waals surface area contributed by atoms with Gasteiger partial charge in [0.2, 0.25) is 6.79 Å². The average molecular weight is 359 g/mol. The Morgan fingerprint density at radius 3 is 2.79 bits per heavy atom. The van der Waals surface area contributed by atoms with Gasteiger partial charge in [0.25, 0.3) is 0 Å². The van der Waals surface area contributed by atoms with Gasteiger partial charge in [-0.1, -0.05) is 11.6 Å². The fourth-order valence-corrected chi connectivity index (χ4v) is 4.29. The number of aryl methyl sites for hydroxylation is 2. The number of aromatic nitrogens is 1. The molecular formula is C18H15ClN2O2S. The monoisotopic (exact) mass is 358 g/mol. The number of fused-ring (bicyclic) bond motifs is 2. The molecule has 0 fully saturated rings. The summed E-state index contributed by atoms with van der Waals surface area (Å²) in [6.07, 6.45) is 4.37. The number of nitriles is 1. The largest absolute Gasteiger partial charge is 0.454 e. The molecule has 0 radical (unpaired) electrons. The Morgan fingerprint density at radius 1 is 1.17 bits per heavy atom. The van der Waals surface area contributed by atoms with Crippen LogP contribution in [0.3, 0.4) is 0 Å². The number of ether oxygens (including phenoxy) is 2. The third-order valence-corrected chi connectivity index (χ3v) is 5.68. The van der Waals surface area contributed by atoms with Crippen LogP contribution in [0.5, 0.6) is 11.5 Å². The molecule has 2 heterocycles. The minimum Gasteiger partial charge on any atom is -0.454 e. The molecule has 6 heteroatoms. The summed E-state index contributed by atoms with van der Waals surface area (Å²) in [6, 6.07) is 7.97. The molecule has 0 N–H and O–H groups in total. The van der Waals surface area contributed by atoms with Crippen LogP contribution in [0.1, 0.15) is 35.2 Å². The number of hydrogen-bond acceptors (Lipinski definition) is 5. The molecule has 1 aliphatic carbocycles. The van der Waals surface area contributed by atoms with Crippen molar-refractivity contribution in [3.63, 3.8) is 0 Å².